The minimum Gasteiger partial charge on any atom is -0.507 e. The number of phenols is 1. The van der Waals surface area contributed by atoms with Crippen molar-refractivity contribution in [2.24, 2.45) is 0 Å². The highest BCUT2D eigenvalue weighted by molar-refractivity contribution is 9.10. The van der Waals surface area contributed by atoms with Crippen molar-refractivity contribution in [1.29, 1.82) is 0 Å². The Morgan fingerprint density at radius 1 is 1.10 bits per heavy atom. The number of phenolic OH excluding ortho intramolecular Hbond substituents is 1. The summed E-state index contributed by atoms with van der Waals surface area (Å²) in [6, 6.07) is 10.4. The number of carboxylic acids is 1. The minimum absolute atomic E-state index is 0.00202. The van der Waals surface area contributed by atoms with Crippen LogP contribution in [0.1, 0.15) is 20.7 Å². The lowest BCUT2D eigenvalue weighted by atomic mass is 10.1. The molecule has 0 atom stereocenters. The van der Waals surface area contributed by atoms with Crippen LogP contribution in [0.4, 0.5) is 5.69 Å². The van der Waals surface area contributed by atoms with Gasteiger partial charge >= 0.3 is 5.97 Å². The Labute approximate surface area is 123 Å². The van der Waals surface area contributed by atoms with Gasteiger partial charge in [0.1, 0.15) is 5.75 Å². The molecular formula is C14H10BrNO4. The molecule has 2 aromatic rings. The molecule has 5 nitrogen and oxygen atoms in total. The molecule has 0 aliphatic heterocycles. The molecule has 3 N–H and O–H groups in total. The minimum atomic E-state index is -1.13. The second-order valence-electron chi connectivity index (χ2n) is 3.97. The topological polar surface area (TPSA) is 86.6 Å². The number of aromatic carboxylic acids is 1. The van der Waals surface area contributed by atoms with Crippen molar-refractivity contribution in [3.63, 3.8) is 0 Å². The number of carboxylic acid groups (broad SMARTS) is 1. The second-order valence-corrected chi connectivity index (χ2v) is 4.83. The molecule has 2 rings (SSSR count). The predicted molar refractivity (Wildman–Crippen MR) is 77.2 cm³/mol. The summed E-state index contributed by atoms with van der Waals surface area (Å²) in [6.07, 6.45) is 0. The number of carbonyl (C=O) groups is 2. The van der Waals surface area contributed by atoms with Crippen LogP contribution in [-0.2, 0) is 0 Å². The maximum absolute atomic E-state index is 12.0. The number of aromatic hydroxyl groups is 1. The second kappa shape index (κ2) is 5.75. The number of halogens is 1. The Morgan fingerprint density at radius 3 is 2.45 bits per heavy atom. The number of carbonyl (C=O) groups excluding carboxylic acids is 1. The zero-order chi connectivity index (χ0) is 14.7. The van der Waals surface area contributed by atoms with Crippen molar-refractivity contribution in [2.75, 3.05) is 5.32 Å². The van der Waals surface area contributed by atoms with E-state index in [0.717, 1.165) is 0 Å². The Morgan fingerprint density at radius 2 is 1.80 bits per heavy atom. The van der Waals surface area contributed by atoms with Gasteiger partial charge in [-0.3, -0.25) is 4.79 Å². The van der Waals surface area contributed by atoms with Crippen molar-refractivity contribution >= 4 is 33.5 Å². The molecule has 20 heavy (non-hydrogen) atoms. The van der Waals surface area contributed by atoms with E-state index in [0.29, 0.717) is 4.47 Å². The molecule has 0 aromatic heterocycles. The average molecular weight is 336 g/mol. The van der Waals surface area contributed by atoms with Crippen molar-refractivity contribution in [2.45, 2.75) is 0 Å². The fourth-order valence-electron chi connectivity index (χ4n) is 1.63. The van der Waals surface area contributed by atoms with Crippen LogP contribution in [0.5, 0.6) is 5.75 Å². The summed E-state index contributed by atoms with van der Waals surface area (Å²) < 4.78 is 0.472. The number of hydrogen-bond acceptors (Lipinski definition) is 3. The highest BCUT2D eigenvalue weighted by Gasteiger charge is 2.13. The van der Waals surface area contributed by atoms with E-state index in [1.165, 1.54) is 30.3 Å². The number of rotatable bonds is 3. The van der Waals surface area contributed by atoms with Crippen LogP contribution in [0.15, 0.2) is 46.9 Å². The fourth-order valence-corrected chi connectivity index (χ4v) is 1.87. The third kappa shape index (κ3) is 2.97. The Hall–Kier alpha value is -2.34. The largest absolute Gasteiger partial charge is 0.507 e. The van der Waals surface area contributed by atoms with Crippen LogP contribution in [0.2, 0.25) is 0 Å². The maximum Gasteiger partial charge on any atom is 0.337 e. The number of anilines is 1. The number of para-hydroxylation sites is 1. The van der Waals surface area contributed by atoms with E-state index in [1.807, 2.05) is 0 Å². The van der Waals surface area contributed by atoms with Gasteiger partial charge in [0, 0.05) is 5.56 Å². The SMILES string of the molecule is O=C(Nc1ccccc1C(=O)O)c1ccc(Br)c(O)c1. The monoisotopic (exact) mass is 335 g/mol. The maximum atomic E-state index is 12.0. The highest BCUT2D eigenvalue weighted by atomic mass is 79.9. The summed E-state index contributed by atoms with van der Waals surface area (Å²) >= 11 is 3.12. The first-order valence-corrected chi connectivity index (χ1v) is 6.40. The predicted octanol–water partition coefficient (Wildman–Crippen LogP) is 3.11. The first-order chi connectivity index (χ1) is 9.49. The van der Waals surface area contributed by atoms with Gasteiger partial charge in [0.2, 0.25) is 0 Å². The molecule has 0 saturated carbocycles. The summed E-state index contributed by atoms with van der Waals surface area (Å²) in [5.74, 6) is -1.69. The summed E-state index contributed by atoms with van der Waals surface area (Å²) in [4.78, 5) is 23.1. The molecule has 0 saturated heterocycles. The lowest BCUT2D eigenvalue weighted by molar-refractivity contribution is 0.0698. The standard InChI is InChI=1S/C14H10BrNO4/c15-10-6-5-8(7-12(10)17)13(18)16-11-4-2-1-3-9(11)14(19)20/h1-7,17H,(H,16,18)(H,19,20). The molecule has 1 amide bonds. The Kier molecular flexibility index (Phi) is 4.05. The van der Waals surface area contributed by atoms with E-state index in [2.05, 4.69) is 21.2 Å². The van der Waals surface area contributed by atoms with Gasteiger partial charge in [-0.1, -0.05) is 12.1 Å². The van der Waals surface area contributed by atoms with Crippen LogP contribution in [0, 0.1) is 0 Å². The lowest BCUT2D eigenvalue weighted by Gasteiger charge is -2.08. The summed E-state index contributed by atoms with van der Waals surface area (Å²) in [5, 5.41) is 21.1. The van der Waals surface area contributed by atoms with Gasteiger partial charge in [-0.15, -0.1) is 0 Å². The van der Waals surface area contributed by atoms with Gasteiger partial charge in [-0.05, 0) is 46.3 Å². The third-order valence-corrected chi connectivity index (χ3v) is 3.28. The van der Waals surface area contributed by atoms with Crippen LogP contribution in [0.25, 0.3) is 0 Å². The first kappa shape index (κ1) is 14.1. The quantitative estimate of drug-likeness (QED) is 0.804. The number of nitrogens with one attached hydrogen (secondary N) is 1. The number of hydrogen-bond donors (Lipinski definition) is 3. The Bertz CT molecular complexity index is 685. The van der Waals surface area contributed by atoms with Gasteiger partial charge in [0.05, 0.1) is 15.7 Å². The summed E-state index contributed by atoms with van der Waals surface area (Å²) in [5.41, 5.74) is 0.431. The smallest absolute Gasteiger partial charge is 0.337 e. The van der Waals surface area contributed by atoms with E-state index >= 15 is 0 Å². The Balaban J connectivity index is 2.28. The van der Waals surface area contributed by atoms with Crippen LogP contribution < -0.4 is 5.32 Å². The molecule has 0 aliphatic carbocycles. The van der Waals surface area contributed by atoms with Gasteiger partial charge in [0.25, 0.3) is 5.91 Å². The molecule has 0 unspecified atom stereocenters. The van der Waals surface area contributed by atoms with Crippen molar-refractivity contribution in [3.8, 4) is 5.75 Å². The first-order valence-electron chi connectivity index (χ1n) is 5.61. The van der Waals surface area contributed by atoms with Crippen LogP contribution in [-0.4, -0.2) is 22.1 Å². The van der Waals surface area contributed by atoms with E-state index in [-0.39, 0.29) is 22.6 Å². The molecule has 0 heterocycles. The average Bonchev–Trinajstić information content (AvgIpc) is 2.42. The number of benzene rings is 2. The molecule has 0 radical (unpaired) electrons. The number of amides is 1. The van der Waals surface area contributed by atoms with Gasteiger partial charge in [-0.25, -0.2) is 4.79 Å². The van der Waals surface area contributed by atoms with E-state index < -0.39 is 11.9 Å². The zero-order valence-corrected chi connectivity index (χ0v) is 11.7. The van der Waals surface area contributed by atoms with Gasteiger partial charge in [0.15, 0.2) is 0 Å². The molecule has 0 fully saturated rings. The van der Waals surface area contributed by atoms with Crippen molar-refractivity contribution < 1.29 is 19.8 Å². The zero-order valence-electron chi connectivity index (χ0n) is 10.1. The normalized spacial score (nSPS) is 10.1. The fraction of sp³-hybridized carbons (Fsp3) is 0. The summed E-state index contributed by atoms with van der Waals surface area (Å²) in [7, 11) is 0. The van der Waals surface area contributed by atoms with Crippen molar-refractivity contribution in [1.82, 2.24) is 0 Å². The third-order valence-electron chi connectivity index (χ3n) is 2.61. The van der Waals surface area contributed by atoms with E-state index in [4.69, 9.17) is 5.11 Å². The molecule has 2 aromatic carbocycles. The van der Waals surface area contributed by atoms with Crippen molar-refractivity contribution in [3.05, 3.63) is 58.1 Å². The molecule has 0 aliphatic rings. The molecular weight excluding hydrogens is 326 g/mol. The molecule has 6 heteroatoms. The molecule has 0 bridgehead atoms. The van der Waals surface area contributed by atoms with E-state index in [9.17, 15) is 14.7 Å². The summed E-state index contributed by atoms with van der Waals surface area (Å²) in [6.45, 7) is 0. The van der Waals surface area contributed by atoms with Crippen LogP contribution >= 0.6 is 15.9 Å². The highest BCUT2D eigenvalue weighted by Crippen LogP contribution is 2.25. The molecule has 0 spiro atoms. The van der Waals surface area contributed by atoms with Crippen LogP contribution in [0.3, 0.4) is 0 Å². The van der Waals surface area contributed by atoms with E-state index in [1.54, 1.807) is 12.1 Å². The molecule has 102 valence electrons. The lowest BCUT2D eigenvalue weighted by Crippen LogP contribution is -2.14. The van der Waals surface area contributed by atoms with Gasteiger partial charge < -0.3 is 15.5 Å². The van der Waals surface area contributed by atoms with Gasteiger partial charge in [-0.2, -0.15) is 0 Å².